The van der Waals surface area contributed by atoms with Crippen molar-refractivity contribution in [2.75, 3.05) is 19.8 Å². The SMILES string of the molecule is Cl.FC1CCNC2(CCOCC2)C1. The maximum absolute atomic E-state index is 13.1. The highest BCUT2D eigenvalue weighted by molar-refractivity contribution is 5.85. The van der Waals surface area contributed by atoms with E-state index >= 15 is 0 Å². The van der Waals surface area contributed by atoms with Gasteiger partial charge in [0.15, 0.2) is 0 Å². The van der Waals surface area contributed by atoms with Gasteiger partial charge in [0, 0.05) is 18.8 Å². The summed E-state index contributed by atoms with van der Waals surface area (Å²) >= 11 is 0. The van der Waals surface area contributed by atoms with Crippen LogP contribution in [0.1, 0.15) is 25.7 Å². The van der Waals surface area contributed by atoms with Crippen molar-refractivity contribution in [1.29, 1.82) is 0 Å². The van der Waals surface area contributed by atoms with Gasteiger partial charge >= 0.3 is 0 Å². The van der Waals surface area contributed by atoms with Crippen molar-refractivity contribution in [2.45, 2.75) is 37.4 Å². The Morgan fingerprint density at radius 1 is 1.31 bits per heavy atom. The van der Waals surface area contributed by atoms with Crippen LogP contribution in [0.15, 0.2) is 0 Å². The molecule has 2 fully saturated rings. The fourth-order valence-corrected chi connectivity index (χ4v) is 2.24. The van der Waals surface area contributed by atoms with Crippen LogP contribution < -0.4 is 5.32 Å². The molecule has 0 aromatic heterocycles. The fraction of sp³-hybridized carbons (Fsp3) is 1.00. The van der Waals surface area contributed by atoms with E-state index in [1.54, 1.807) is 0 Å². The summed E-state index contributed by atoms with van der Waals surface area (Å²) < 4.78 is 18.4. The van der Waals surface area contributed by atoms with Crippen molar-refractivity contribution >= 4 is 12.4 Å². The largest absolute Gasteiger partial charge is 0.381 e. The van der Waals surface area contributed by atoms with Crippen molar-refractivity contribution in [3.8, 4) is 0 Å². The van der Waals surface area contributed by atoms with Crippen LogP contribution in [0.2, 0.25) is 0 Å². The third kappa shape index (κ3) is 2.55. The monoisotopic (exact) mass is 209 g/mol. The van der Waals surface area contributed by atoms with Gasteiger partial charge in [0.1, 0.15) is 6.17 Å². The average molecular weight is 210 g/mol. The molecule has 1 atom stereocenters. The van der Waals surface area contributed by atoms with E-state index in [0.29, 0.717) is 12.8 Å². The van der Waals surface area contributed by atoms with E-state index in [9.17, 15) is 4.39 Å². The molecule has 1 unspecified atom stereocenters. The van der Waals surface area contributed by atoms with Gasteiger partial charge in [-0.3, -0.25) is 0 Å². The van der Waals surface area contributed by atoms with E-state index in [1.165, 1.54) is 0 Å². The minimum atomic E-state index is -0.593. The fourth-order valence-electron chi connectivity index (χ4n) is 2.24. The molecule has 2 aliphatic rings. The van der Waals surface area contributed by atoms with E-state index in [1.807, 2.05) is 0 Å². The molecule has 0 aromatic carbocycles. The number of alkyl halides is 1. The predicted octanol–water partition coefficient (Wildman–Crippen LogP) is 1.68. The molecule has 2 nitrogen and oxygen atoms in total. The molecule has 2 saturated heterocycles. The van der Waals surface area contributed by atoms with E-state index < -0.39 is 6.17 Å². The van der Waals surface area contributed by atoms with Crippen molar-refractivity contribution < 1.29 is 9.13 Å². The van der Waals surface area contributed by atoms with Gasteiger partial charge in [-0.2, -0.15) is 0 Å². The predicted molar refractivity (Wildman–Crippen MR) is 52.2 cm³/mol. The molecule has 0 amide bonds. The van der Waals surface area contributed by atoms with Crippen LogP contribution in [0.25, 0.3) is 0 Å². The first-order valence-corrected chi connectivity index (χ1v) is 4.78. The number of piperidine rings is 1. The van der Waals surface area contributed by atoms with Crippen LogP contribution in [-0.2, 0) is 4.74 Å². The zero-order valence-corrected chi connectivity index (χ0v) is 8.54. The Labute approximate surface area is 84.6 Å². The first kappa shape index (κ1) is 11.2. The zero-order chi connectivity index (χ0) is 8.44. The third-order valence-corrected chi connectivity index (χ3v) is 3.02. The van der Waals surface area contributed by atoms with E-state index in [-0.39, 0.29) is 17.9 Å². The minimum absolute atomic E-state index is 0. The van der Waals surface area contributed by atoms with Crippen LogP contribution in [0, 0.1) is 0 Å². The normalized spacial score (nSPS) is 32.5. The Hall–Kier alpha value is 0.140. The summed E-state index contributed by atoms with van der Waals surface area (Å²) in [5, 5.41) is 3.44. The molecule has 0 aromatic rings. The Bertz CT molecular complexity index is 156. The van der Waals surface area contributed by atoms with Crippen LogP contribution in [0.3, 0.4) is 0 Å². The standard InChI is InChI=1S/C9H16FNO.ClH/c10-8-1-4-11-9(7-8)2-5-12-6-3-9;/h8,11H,1-7H2;1H. The molecule has 0 bridgehead atoms. The second-order valence-corrected chi connectivity index (χ2v) is 3.91. The van der Waals surface area contributed by atoms with Crippen molar-refractivity contribution in [3.05, 3.63) is 0 Å². The highest BCUT2D eigenvalue weighted by atomic mass is 35.5. The summed E-state index contributed by atoms with van der Waals surface area (Å²) in [5.41, 5.74) is 0.0793. The highest BCUT2D eigenvalue weighted by Gasteiger charge is 2.37. The Balaban J connectivity index is 0.000000845. The molecule has 0 aliphatic carbocycles. The number of halogens is 2. The van der Waals surface area contributed by atoms with Gasteiger partial charge in [-0.25, -0.2) is 4.39 Å². The number of nitrogens with one attached hydrogen (secondary N) is 1. The summed E-state index contributed by atoms with van der Waals surface area (Å²) in [6.07, 6.45) is 2.74. The molecule has 1 N–H and O–H groups in total. The van der Waals surface area contributed by atoms with Gasteiger partial charge in [-0.05, 0) is 32.2 Å². The van der Waals surface area contributed by atoms with Gasteiger partial charge in [-0.15, -0.1) is 12.4 Å². The van der Waals surface area contributed by atoms with E-state index in [2.05, 4.69) is 5.32 Å². The Kier molecular flexibility index (Phi) is 3.95. The lowest BCUT2D eigenvalue weighted by Gasteiger charge is -2.42. The van der Waals surface area contributed by atoms with Crippen LogP contribution in [0.4, 0.5) is 4.39 Å². The maximum atomic E-state index is 13.1. The van der Waals surface area contributed by atoms with Gasteiger partial charge < -0.3 is 10.1 Å². The maximum Gasteiger partial charge on any atom is 0.103 e. The summed E-state index contributed by atoms with van der Waals surface area (Å²) in [7, 11) is 0. The van der Waals surface area contributed by atoms with Crippen molar-refractivity contribution in [3.63, 3.8) is 0 Å². The Morgan fingerprint density at radius 2 is 2.00 bits per heavy atom. The first-order valence-electron chi connectivity index (χ1n) is 4.78. The molecule has 4 heteroatoms. The molecule has 2 aliphatic heterocycles. The molecule has 1 spiro atoms. The van der Waals surface area contributed by atoms with Crippen LogP contribution >= 0.6 is 12.4 Å². The molecule has 78 valence electrons. The molecule has 0 saturated carbocycles. The Morgan fingerprint density at radius 3 is 2.62 bits per heavy atom. The average Bonchev–Trinajstić information content (AvgIpc) is 2.05. The van der Waals surface area contributed by atoms with Gasteiger partial charge in [-0.1, -0.05) is 0 Å². The zero-order valence-electron chi connectivity index (χ0n) is 7.72. The molecular weight excluding hydrogens is 193 g/mol. The number of hydrogen-bond acceptors (Lipinski definition) is 2. The minimum Gasteiger partial charge on any atom is -0.381 e. The second-order valence-electron chi connectivity index (χ2n) is 3.91. The van der Waals surface area contributed by atoms with Gasteiger partial charge in [0.25, 0.3) is 0 Å². The van der Waals surface area contributed by atoms with Crippen molar-refractivity contribution in [1.82, 2.24) is 5.32 Å². The summed E-state index contributed by atoms with van der Waals surface area (Å²) in [5.74, 6) is 0. The summed E-state index contributed by atoms with van der Waals surface area (Å²) in [6, 6.07) is 0. The van der Waals surface area contributed by atoms with Crippen LogP contribution in [-0.4, -0.2) is 31.5 Å². The lowest BCUT2D eigenvalue weighted by atomic mass is 9.81. The number of hydrogen-bond donors (Lipinski definition) is 1. The van der Waals surface area contributed by atoms with Gasteiger partial charge in [0.05, 0.1) is 0 Å². The molecular formula is C9H17ClFNO. The number of ether oxygens (including phenoxy) is 1. The summed E-state index contributed by atoms with van der Waals surface area (Å²) in [6.45, 7) is 2.42. The lowest BCUT2D eigenvalue weighted by molar-refractivity contribution is 0.0117. The molecule has 0 radical (unpaired) electrons. The van der Waals surface area contributed by atoms with Crippen molar-refractivity contribution in [2.24, 2.45) is 0 Å². The first-order chi connectivity index (χ1) is 5.81. The molecule has 2 heterocycles. The number of rotatable bonds is 0. The quantitative estimate of drug-likeness (QED) is 0.656. The lowest BCUT2D eigenvalue weighted by Crippen LogP contribution is -2.54. The van der Waals surface area contributed by atoms with E-state index in [4.69, 9.17) is 4.74 Å². The highest BCUT2D eigenvalue weighted by Crippen LogP contribution is 2.30. The smallest absolute Gasteiger partial charge is 0.103 e. The second kappa shape index (κ2) is 4.58. The molecule has 13 heavy (non-hydrogen) atoms. The van der Waals surface area contributed by atoms with Crippen LogP contribution in [0.5, 0.6) is 0 Å². The topological polar surface area (TPSA) is 21.3 Å². The van der Waals surface area contributed by atoms with E-state index in [0.717, 1.165) is 32.6 Å². The van der Waals surface area contributed by atoms with Gasteiger partial charge in [0.2, 0.25) is 0 Å². The third-order valence-electron chi connectivity index (χ3n) is 3.02. The summed E-state index contributed by atoms with van der Waals surface area (Å²) in [4.78, 5) is 0. The molecule has 2 rings (SSSR count).